The molecule has 1 aromatic heterocycles. The minimum Gasteiger partial charge on any atom is -0.496 e. The SMILES string of the molecule is CCc1cc2nccc(OCc3ccc(SC)cc3)c2cc1OC. The van der Waals surface area contributed by atoms with Gasteiger partial charge in [0.05, 0.1) is 12.6 Å². The first-order valence-electron chi connectivity index (χ1n) is 7.96. The molecule has 3 nitrogen and oxygen atoms in total. The molecule has 0 amide bonds. The fourth-order valence-corrected chi connectivity index (χ4v) is 3.07. The van der Waals surface area contributed by atoms with Crippen LogP contribution in [0.15, 0.2) is 53.6 Å². The van der Waals surface area contributed by atoms with Crippen molar-refractivity contribution in [2.24, 2.45) is 0 Å². The Morgan fingerprint density at radius 3 is 2.50 bits per heavy atom. The second-order valence-electron chi connectivity index (χ2n) is 5.48. The van der Waals surface area contributed by atoms with Crippen LogP contribution in [-0.2, 0) is 13.0 Å². The summed E-state index contributed by atoms with van der Waals surface area (Å²) < 4.78 is 11.6. The minimum atomic E-state index is 0.533. The van der Waals surface area contributed by atoms with Crippen molar-refractivity contribution in [2.45, 2.75) is 24.8 Å². The maximum atomic E-state index is 6.05. The highest BCUT2D eigenvalue weighted by Gasteiger charge is 2.09. The Labute approximate surface area is 147 Å². The van der Waals surface area contributed by atoms with Gasteiger partial charge in [0.25, 0.3) is 0 Å². The molecule has 0 spiro atoms. The summed E-state index contributed by atoms with van der Waals surface area (Å²) in [7, 11) is 1.70. The average molecular weight is 339 g/mol. The monoisotopic (exact) mass is 339 g/mol. The number of ether oxygens (including phenoxy) is 2. The van der Waals surface area contributed by atoms with Gasteiger partial charge in [0.2, 0.25) is 0 Å². The Morgan fingerprint density at radius 2 is 1.83 bits per heavy atom. The van der Waals surface area contributed by atoms with Crippen molar-refractivity contribution in [3.63, 3.8) is 0 Å². The maximum absolute atomic E-state index is 6.05. The van der Waals surface area contributed by atoms with E-state index >= 15 is 0 Å². The van der Waals surface area contributed by atoms with Gasteiger partial charge in [0.1, 0.15) is 18.1 Å². The minimum absolute atomic E-state index is 0.533. The van der Waals surface area contributed by atoms with Gasteiger partial charge in [0.15, 0.2) is 0 Å². The Kier molecular flexibility index (Phi) is 5.26. The van der Waals surface area contributed by atoms with Crippen molar-refractivity contribution in [3.05, 3.63) is 59.8 Å². The lowest BCUT2D eigenvalue weighted by molar-refractivity contribution is 0.309. The molecule has 3 rings (SSSR count). The number of benzene rings is 2. The van der Waals surface area contributed by atoms with Gasteiger partial charge >= 0.3 is 0 Å². The largest absolute Gasteiger partial charge is 0.496 e. The molecular weight excluding hydrogens is 318 g/mol. The predicted octanol–water partition coefficient (Wildman–Crippen LogP) is 5.11. The molecule has 0 aliphatic rings. The topological polar surface area (TPSA) is 31.4 Å². The zero-order valence-corrected chi connectivity index (χ0v) is 15.0. The van der Waals surface area contributed by atoms with Gasteiger partial charge in [0, 0.05) is 16.5 Å². The second kappa shape index (κ2) is 7.58. The van der Waals surface area contributed by atoms with Gasteiger partial charge in [-0.25, -0.2) is 0 Å². The zero-order valence-electron chi connectivity index (χ0n) is 14.2. The van der Waals surface area contributed by atoms with E-state index in [1.54, 1.807) is 25.1 Å². The number of hydrogen-bond acceptors (Lipinski definition) is 4. The number of aryl methyl sites for hydroxylation is 1. The third kappa shape index (κ3) is 3.49. The van der Waals surface area contributed by atoms with Crippen LogP contribution < -0.4 is 9.47 Å². The molecule has 124 valence electrons. The van der Waals surface area contributed by atoms with Crippen molar-refractivity contribution in [3.8, 4) is 11.5 Å². The smallest absolute Gasteiger partial charge is 0.130 e. The molecule has 0 fully saturated rings. The number of methoxy groups -OCH3 is 1. The van der Waals surface area contributed by atoms with Gasteiger partial charge in [-0.05, 0) is 54.1 Å². The molecule has 4 heteroatoms. The molecule has 0 radical (unpaired) electrons. The quantitative estimate of drug-likeness (QED) is 0.584. The summed E-state index contributed by atoms with van der Waals surface area (Å²) >= 11 is 1.74. The summed E-state index contributed by atoms with van der Waals surface area (Å²) in [6.45, 7) is 2.65. The molecule has 0 saturated heterocycles. The number of aromatic nitrogens is 1. The summed E-state index contributed by atoms with van der Waals surface area (Å²) in [4.78, 5) is 5.72. The van der Waals surface area contributed by atoms with Gasteiger partial charge < -0.3 is 9.47 Å². The van der Waals surface area contributed by atoms with Crippen molar-refractivity contribution >= 4 is 22.7 Å². The van der Waals surface area contributed by atoms with Crippen LogP contribution in [0.1, 0.15) is 18.1 Å². The fraction of sp³-hybridized carbons (Fsp3) is 0.250. The van der Waals surface area contributed by atoms with Gasteiger partial charge in [-0.15, -0.1) is 11.8 Å². The zero-order chi connectivity index (χ0) is 16.9. The average Bonchev–Trinajstić information content (AvgIpc) is 2.65. The van der Waals surface area contributed by atoms with E-state index in [9.17, 15) is 0 Å². The van der Waals surface area contributed by atoms with Crippen LogP contribution in [-0.4, -0.2) is 18.3 Å². The van der Waals surface area contributed by atoms with E-state index in [4.69, 9.17) is 9.47 Å². The van der Waals surface area contributed by atoms with Crippen LogP contribution in [0, 0.1) is 0 Å². The van der Waals surface area contributed by atoms with Gasteiger partial charge in [-0.3, -0.25) is 4.98 Å². The fourth-order valence-electron chi connectivity index (χ4n) is 2.67. The number of thioether (sulfide) groups is 1. The molecule has 0 bridgehead atoms. The Bertz CT molecular complexity index is 831. The number of rotatable bonds is 6. The van der Waals surface area contributed by atoms with E-state index < -0.39 is 0 Å². The molecule has 0 atom stereocenters. The van der Waals surface area contributed by atoms with E-state index in [1.165, 1.54) is 4.90 Å². The van der Waals surface area contributed by atoms with E-state index in [0.29, 0.717) is 6.61 Å². The van der Waals surface area contributed by atoms with E-state index in [0.717, 1.165) is 39.9 Å². The predicted molar refractivity (Wildman–Crippen MR) is 100 cm³/mol. The van der Waals surface area contributed by atoms with Gasteiger partial charge in [-0.1, -0.05) is 19.1 Å². The Hall–Kier alpha value is -2.20. The molecule has 0 unspecified atom stereocenters. The summed E-state index contributed by atoms with van der Waals surface area (Å²) in [5.74, 6) is 1.71. The third-order valence-corrected chi connectivity index (χ3v) is 4.78. The molecule has 0 saturated carbocycles. The molecule has 24 heavy (non-hydrogen) atoms. The van der Waals surface area contributed by atoms with Crippen LogP contribution in [0.4, 0.5) is 0 Å². The van der Waals surface area contributed by atoms with E-state index in [1.807, 2.05) is 12.1 Å². The normalized spacial score (nSPS) is 10.8. The maximum Gasteiger partial charge on any atom is 0.130 e. The number of hydrogen-bond donors (Lipinski definition) is 0. The Morgan fingerprint density at radius 1 is 1.04 bits per heavy atom. The van der Waals surface area contributed by atoms with E-state index in [2.05, 4.69) is 48.5 Å². The van der Waals surface area contributed by atoms with Crippen LogP contribution in [0.3, 0.4) is 0 Å². The third-order valence-electron chi connectivity index (χ3n) is 4.04. The lowest BCUT2D eigenvalue weighted by Crippen LogP contribution is -1.98. The molecule has 0 N–H and O–H groups in total. The van der Waals surface area contributed by atoms with Gasteiger partial charge in [-0.2, -0.15) is 0 Å². The van der Waals surface area contributed by atoms with Crippen LogP contribution in [0.5, 0.6) is 11.5 Å². The highest BCUT2D eigenvalue weighted by Crippen LogP contribution is 2.31. The van der Waals surface area contributed by atoms with E-state index in [-0.39, 0.29) is 0 Å². The standard InChI is InChI=1S/C20H21NO2S/c1-4-15-11-18-17(12-20(15)22-2)19(9-10-21-18)23-13-14-5-7-16(24-3)8-6-14/h5-12H,4,13H2,1-3H3. The van der Waals surface area contributed by atoms with Crippen LogP contribution in [0.25, 0.3) is 10.9 Å². The molecule has 1 heterocycles. The number of pyridine rings is 1. The summed E-state index contributed by atoms with van der Waals surface area (Å²) in [6.07, 6.45) is 4.78. The highest BCUT2D eigenvalue weighted by molar-refractivity contribution is 7.98. The molecule has 3 aromatic rings. The lowest BCUT2D eigenvalue weighted by atomic mass is 10.1. The number of nitrogens with zero attached hydrogens (tertiary/aromatic N) is 1. The van der Waals surface area contributed by atoms with Crippen LogP contribution >= 0.6 is 11.8 Å². The number of fused-ring (bicyclic) bond motifs is 1. The first-order valence-corrected chi connectivity index (χ1v) is 9.19. The first-order chi connectivity index (χ1) is 11.7. The molecule has 0 aliphatic carbocycles. The second-order valence-corrected chi connectivity index (χ2v) is 6.36. The molecule has 2 aromatic carbocycles. The lowest BCUT2D eigenvalue weighted by Gasteiger charge is -2.12. The van der Waals surface area contributed by atoms with Crippen molar-refractivity contribution in [2.75, 3.05) is 13.4 Å². The summed E-state index contributed by atoms with van der Waals surface area (Å²) in [6, 6.07) is 14.4. The van der Waals surface area contributed by atoms with Crippen molar-refractivity contribution in [1.29, 1.82) is 0 Å². The molecule has 0 aliphatic heterocycles. The highest BCUT2D eigenvalue weighted by atomic mass is 32.2. The molecular formula is C20H21NO2S. The Balaban J connectivity index is 1.88. The van der Waals surface area contributed by atoms with Crippen molar-refractivity contribution in [1.82, 2.24) is 4.98 Å². The van der Waals surface area contributed by atoms with Crippen molar-refractivity contribution < 1.29 is 9.47 Å². The summed E-state index contributed by atoms with van der Waals surface area (Å²) in [5, 5.41) is 0.979. The summed E-state index contributed by atoms with van der Waals surface area (Å²) in [5.41, 5.74) is 3.24. The first kappa shape index (κ1) is 16.7. The van der Waals surface area contributed by atoms with Crippen LogP contribution in [0.2, 0.25) is 0 Å².